The molecule has 2 N–H and O–H groups in total. The van der Waals surface area contributed by atoms with Gasteiger partial charge in [-0.05, 0) is 63.4 Å². The SMILES string of the molecule is CCCCc1ccc([NH2+]C(=O)O[C@H](C)CN2CCCCC2)cc1. The third kappa shape index (κ3) is 6.71. The first-order chi connectivity index (χ1) is 11.2. The Morgan fingerprint density at radius 2 is 1.91 bits per heavy atom. The summed E-state index contributed by atoms with van der Waals surface area (Å²) in [7, 11) is 0. The number of piperidine rings is 1. The zero-order chi connectivity index (χ0) is 16.5. The lowest BCUT2D eigenvalue weighted by Gasteiger charge is -2.28. The lowest BCUT2D eigenvalue weighted by molar-refractivity contribution is -0.484. The van der Waals surface area contributed by atoms with E-state index >= 15 is 0 Å². The summed E-state index contributed by atoms with van der Waals surface area (Å²) in [5, 5.41) is 1.59. The van der Waals surface area contributed by atoms with Crippen molar-refractivity contribution < 1.29 is 14.8 Å². The molecular weight excluding hydrogens is 288 g/mol. The number of hydrogen-bond donors (Lipinski definition) is 1. The van der Waals surface area contributed by atoms with Crippen LogP contribution in [0.5, 0.6) is 0 Å². The summed E-state index contributed by atoms with van der Waals surface area (Å²) in [6, 6.07) is 8.21. The van der Waals surface area contributed by atoms with Crippen LogP contribution < -0.4 is 5.32 Å². The second kappa shape index (κ2) is 9.68. The number of amides is 1. The highest BCUT2D eigenvalue weighted by Crippen LogP contribution is 2.10. The summed E-state index contributed by atoms with van der Waals surface area (Å²) in [6.45, 7) is 7.28. The van der Waals surface area contributed by atoms with Crippen LogP contribution in [0.25, 0.3) is 0 Å². The number of carbonyl (C=O) groups excluding carboxylic acids is 1. The molecule has 4 heteroatoms. The average Bonchev–Trinajstić information content (AvgIpc) is 2.55. The molecule has 23 heavy (non-hydrogen) atoms. The van der Waals surface area contributed by atoms with Gasteiger partial charge in [0.15, 0.2) is 0 Å². The van der Waals surface area contributed by atoms with Crippen LogP contribution in [0, 0.1) is 0 Å². The predicted octanol–water partition coefficient (Wildman–Crippen LogP) is 3.24. The van der Waals surface area contributed by atoms with E-state index in [9.17, 15) is 4.79 Å². The van der Waals surface area contributed by atoms with Gasteiger partial charge >= 0.3 is 6.09 Å². The first-order valence-electron chi connectivity index (χ1n) is 9.04. The fourth-order valence-electron chi connectivity index (χ4n) is 3.07. The van der Waals surface area contributed by atoms with Gasteiger partial charge in [-0.15, -0.1) is 0 Å². The summed E-state index contributed by atoms with van der Waals surface area (Å²) in [4.78, 5) is 14.4. The van der Waals surface area contributed by atoms with Gasteiger partial charge in [-0.25, -0.2) is 5.32 Å². The van der Waals surface area contributed by atoms with Crippen LogP contribution in [0.15, 0.2) is 24.3 Å². The van der Waals surface area contributed by atoms with Crippen molar-refractivity contribution in [3.8, 4) is 0 Å². The lowest BCUT2D eigenvalue weighted by Crippen LogP contribution is -2.82. The van der Waals surface area contributed by atoms with Gasteiger partial charge in [-0.2, -0.15) is 4.79 Å². The quantitative estimate of drug-likeness (QED) is 0.785. The number of benzene rings is 1. The second-order valence-corrected chi connectivity index (χ2v) is 6.60. The topological polar surface area (TPSA) is 46.1 Å². The molecule has 0 aliphatic carbocycles. The van der Waals surface area contributed by atoms with E-state index in [4.69, 9.17) is 4.74 Å². The van der Waals surface area contributed by atoms with Crippen molar-refractivity contribution in [3.05, 3.63) is 29.8 Å². The molecule has 128 valence electrons. The van der Waals surface area contributed by atoms with Crippen molar-refractivity contribution >= 4 is 11.8 Å². The Labute approximate surface area is 140 Å². The lowest BCUT2D eigenvalue weighted by atomic mass is 10.1. The Hall–Kier alpha value is -1.39. The predicted molar refractivity (Wildman–Crippen MR) is 92.9 cm³/mol. The monoisotopic (exact) mass is 319 g/mol. The minimum atomic E-state index is -0.240. The number of carbonyl (C=O) groups is 1. The molecule has 1 saturated heterocycles. The van der Waals surface area contributed by atoms with Crippen molar-refractivity contribution in [1.82, 2.24) is 4.90 Å². The molecule has 1 atom stereocenters. The summed E-state index contributed by atoms with van der Waals surface area (Å²) < 4.78 is 5.52. The molecule has 0 aromatic heterocycles. The number of rotatable bonds is 7. The van der Waals surface area contributed by atoms with E-state index < -0.39 is 0 Å². The van der Waals surface area contributed by atoms with E-state index in [0.29, 0.717) is 0 Å². The van der Waals surface area contributed by atoms with Gasteiger partial charge in [0, 0.05) is 6.54 Å². The molecule has 1 heterocycles. The molecule has 0 unspecified atom stereocenters. The Morgan fingerprint density at radius 1 is 1.22 bits per heavy atom. The van der Waals surface area contributed by atoms with Crippen LogP contribution in [0.3, 0.4) is 0 Å². The molecule has 2 rings (SSSR count). The number of ether oxygens (including phenoxy) is 1. The zero-order valence-electron chi connectivity index (χ0n) is 14.6. The molecule has 1 aliphatic rings. The summed E-state index contributed by atoms with van der Waals surface area (Å²) in [6.07, 6.45) is 7.07. The molecule has 4 nitrogen and oxygen atoms in total. The van der Waals surface area contributed by atoms with Gasteiger partial charge in [0.05, 0.1) is 0 Å². The Bertz CT molecular complexity index is 467. The zero-order valence-corrected chi connectivity index (χ0v) is 14.6. The highest BCUT2D eigenvalue weighted by atomic mass is 16.6. The molecule has 0 saturated carbocycles. The average molecular weight is 319 g/mol. The first kappa shape index (κ1) is 18.0. The van der Waals surface area contributed by atoms with Gasteiger partial charge < -0.3 is 4.74 Å². The third-order valence-corrected chi connectivity index (χ3v) is 4.36. The van der Waals surface area contributed by atoms with Crippen molar-refractivity contribution in [2.45, 2.75) is 58.5 Å². The van der Waals surface area contributed by atoms with Crippen LogP contribution >= 0.6 is 0 Å². The van der Waals surface area contributed by atoms with Crippen LogP contribution in [-0.4, -0.2) is 36.7 Å². The first-order valence-corrected chi connectivity index (χ1v) is 9.04. The van der Waals surface area contributed by atoms with E-state index in [1.807, 2.05) is 19.1 Å². The van der Waals surface area contributed by atoms with E-state index in [1.165, 1.54) is 37.7 Å². The largest absolute Gasteiger partial charge is 0.518 e. The van der Waals surface area contributed by atoms with Crippen LogP contribution in [-0.2, 0) is 11.2 Å². The number of aryl methyl sites for hydroxylation is 1. The van der Waals surface area contributed by atoms with Crippen LogP contribution in [0.4, 0.5) is 10.5 Å². The fraction of sp³-hybridized carbons (Fsp3) is 0.632. The molecule has 1 amide bonds. The Balaban J connectivity index is 1.72. The molecule has 0 bridgehead atoms. The van der Waals surface area contributed by atoms with E-state index in [1.54, 1.807) is 5.32 Å². The van der Waals surface area contributed by atoms with Crippen molar-refractivity contribution in [1.29, 1.82) is 0 Å². The number of nitrogens with zero attached hydrogens (tertiary/aromatic N) is 1. The standard InChI is InChI=1S/C19H30N2O2/c1-3-4-8-17-9-11-18(12-10-17)20-19(22)23-16(2)15-21-13-6-5-7-14-21/h9-12,16H,3-8,13-15H2,1-2H3,(H,20,22)/p+1/t16-/m1/s1. The maximum Gasteiger partial charge on any atom is 0.518 e. The number of nitrogens with two attached hydrogens (primary N) is 1. The summed E-state index contributed by atoms with van der Waals surface area (Å²) in [5.74, 6) is 0. The van der Waals surface area contributed by atoms with Gasteiger partial charge in [0.25, 0.3) is 0 Å². The molecule has 1 aliphatic heterocycles. The highest BCUT2D eigenvalue weighted by molar-refractivity contribution is 5.59. The van der Waals surface area contributed by atoms with Gasteiger partial charge in [0.1, 0.15) is 11.8 Å². The molecule has 0 radical (unpaired) electrons. The Kier molecular flexibility index (Phi) is 7.56. The van der Waals surface area contributed by atoms with Crippen molar-refractivity contribution in [2.24, 2.45) is 0 Å². The highest BCUT2D eigenvalue weighted by Gasteiger charge is 2.18. The number of quaternary nitrogens is 1. The van der Waals surface area contributed by atoms with Crippen molar-refractivity contribution in [2.75, 3.05) is 19.6 Å². The van der Waals surface area contributed by atoms with Crippen LogP contribution in [0.1, 0.15) is 51.5 Å². The van der Waals surface area contributed by atoms with Crippen molar-refractivity contribution in [3.63, 3.8) is 0 Å². The molecule has 1 fully saturated rings. The molecule has 0 spiro atoms. The molecular formula is C19H31N2O2+. The van der Waals surface area contributed by atoms with Crippen LogP contribution in [0.2, 0.25) is 0 Å². The maximum atomic E-state index is 12.0. The minimum absolute atomic E-state index is 0.0549. The number of likely N-dealkylation sites (tertiary alicyclic amines) is 1. The minimum Gasteiger partial charge on any atom is -0.415 e. The summed E-state index contributed by atoms with van der Waals surface area (Å²) >= 11 is 0. The normalized spacial score (nSPS) is 17.0. The fourth-order valence-corrected chi connectivity index (χ4v) is 3.07. The number of unbranched alkanes of at least 4 members (excludes halogenated alkanes) is 1. The van der Waals surface area contributed by atoms with E-state index in [-0.39, 0.29) is 12.2 Å². The van der Waals surface area contributed by atoms with Gasteiger partial charge in [-0.3, -0.25) is 4.90 Å². The second-order valence-electron chi connectivity index (χ2n) is 6.60. The van der Waals surface area contributed by atoms with Gasteiger partial charge in [-0.1, -0.05) is 31.9 Å². The van der Waals surface area contributed by atoms with Gasteiger partial charge in [0.2, 0.25) is 0 Å². The Morgan fingerprint density at radius 3 is 2.57 bits per heavy atom. The summed E-state index contributed by atoms with van der Waals surface area (Å²) in [5.41, 5.74) is 2.25. The number of primary amides is 1. The maximum absolute atomic E-state index is 12.0. The number of hydrogen-bond acceptors (Lipinski definition) is 3. The molecule has 1 aromatic rings. The third-order valence-electron chi connectivity index (χ3n) is 4.36. The molecule has 1 aromatic carbocycles. The van der Waals surface area contributed by atoms with E-state index in [0.717, 1.165) is 31.7 Å². The van der Waals surface area contributed by atoms with E-state index in [2.05, 4.69) is 24.0 Å². The smallest absolute Gasteiger partial charge is 0.415 e.